The zero-order chi connectivity index (χ0) is 20.2. The minimum absolute atomic E-state index is 0.132. The van der Waals surface area contributed by atoms with Crippen LogP contribution in [-0.4, -0.2) is 0 Å². The highest BCUT2D eigenvalue weighted by atomic mass is 16.5. The minimum Gasteiger partial charge on any atom is -0.268 e. The van der Waals surface area contributed by atoms with E-state index >= 15 is 0 Å². The van der Waals surface area contributed by atoms with Crippen LogP contribution in [0.4, 0.5) is 0 Å². The largest absolute Gasteiger partial charge is 0.510 e. The first-order valence-corrected chi connectivity index (χ1v) is 10.1. The molecule has 0 radical (unpaired) electrons. The van der Waals surface area contributed by atoms with Crippen LogP contribution in [0, 0.1) is 0 Å². The summed E-state index contributed by atoms with van der Waals surface area (Å²) in [5, 5.41) is 0. The average molecular weight is 389 g/mol. The van der Waals surface area contributed by atoms with Gasteiger partial charge in [0, 0.05) is 0 Å². The third-order valence-corrected chi connectivity index (χ3v) is 5.19. The molecule has 0 saturated heterocycles. The lowest BCUT2D eigenvalue weighted by Gasteiger charge is -2.08. The average Bonchev–Trinajstić information content (AvgIpc) is 3.27. The van der Waals surface area contributed by atoms with E-state index in [1.807, 2.05) is 97.1 Å². The van der Waals surface area contributed by atoms with Gasteiger partial charge in [-0.3, -0.25) is 8.83 Å². The molecular formula is C28H21O2+. The van der Waals surface area contributed by atoms with Crippen molar-refractivity contribution in [3.63, 3.8) is 0 Å². The van der Waals surface area contributed by atoms with Crippen molar-refractivity contribution < 1.29 is 8.83 Å². The van der Waals surface area contributed by atoms with Crippen molar-refractivity contribution in [2.24, 2.45) is 0 Å². The van der Waals surface area contributed by atoms with Crippen LogP contribution in [0.25, 0.3) is 22.6 Å². The van der Waals surface area contributed by atoms with Crippen LogP contribution >= 0.6 is 0 Å². The van der Waals surface area contributed by atoms with Gasteiger partial charge in [0.2, 0.25) is 0 Å². The molecular weight excluding hydrogens is 368 g/mol. The van der Waals surface area contributed by atoms with E-state index in [4.69, 9.17) is 8.83 Å². The predicted octanol–water partition coefficient (Wildman–Crippen LogP) is 7.67. The Bertz CT molecular complexity index is 1110. The second-order valence-corrected chi connectivity index (χ2v) is 7.17. The van der Waals surface area contributed by atoms with Gasteiger partial charge in [0.05, 0.1) is 11.1 Å². The molecule has 0 fully saturated rings. The van der Waals surface area contributed by atoms with Gasteiger partial charge >= 0.3 is 17.5 Å². The maximum Gasteiger partial charge on any atom is 0.510 e. The minimum atomic E-state index is -0.132. The van der Waals surface area contributed by atoms with Crippen LogP contribution in [-0.2, 0) is 0 Å². The molecule has 5 aromatic rings. The molecule has 4 aromatic carbocycles. The van der Waals surface area contributed by atoms with Crippen molar-refractivity contribution in [1.29, 1.82) is 0 Å². The normalized spacial score (nSPS) is 11.0. The third kappa shape index (κ3) is 3.56. The summed E-state index contributed by atoms with van der Waals surface area (Å²) in [5.74, 6) is 1.93. The highest BCUT2D eigenvalue weighted by molar-refractivity contribution is 5.75. The molecule has 0 spiro atoms. The van der Waals surface area contributed by atoms with Crippen molar-refractivity contribution in [3.05, 3.63) is 138 Å². The van der Waals surface area contributed by atoms with Gasteiger partial charge in [-0.2, -0.15) is 0 Å². The second kappa shape index (κ2) is 8.22. The highest BCUT2D eigenvalue weighted by Gasteiger charge is 2.37. The van der Waals surface area contributed by atoms with E-state index in [-0.39, 0.29) is 5.92 Å². The summed E-state index contributed by atoms with van der Waals surface area (Å²) in [6, 6.07) is 40.9. The van der Waals surface area contributed by atoms with Crippen molar-refractivity contribution >= 4 is 0 Å². The summed E-state index contributed by atoms with van der Waals surface area (Å²) in [5.41, 5.74) is 4.23. The lowest BCUT2D eigenvalue weighted by molar-refractivity contribution is 0.372. The topological polar surface area (TPSA) is 24.4 Å². The first kappa shape index (κ1) is 18.1. The number of hydrogen-bond donors (Lipinski definition) is 0. The van der Waals surface area contributed by atoms with Gasteiger partial charge in [0.1, 0.15) is 0 Å². The number of hydrogen-bond acceptors (Lipinski definition) is 1. The molecule has 1 heterocycles. The molecule has 30 heavy (non-hydrogen) atoms. The molecule has 0 aliphatic rings. The Morgan fingerprint density at radius 2 is 0.933 bits per heavy atom. The molecule has 0 atom stereocenters. The summed E-state index contributed by atoms with van der Waals surface area (Å²) in [6.07, 6.45) is 0. The van der Waals surface area contributed by atoms with E-state index in [2.05, 4.69) is 24.3 Å². The maximum absolute atomic E-state index is 6.46. The molecule has 1 aromatic heterocycles. The van der Waals surface area contributed by atoms with E-state index in [0.717, 1.165) is 33.8 Å². The summed E-state index contributed by atoms with van der Waals surface area (Å²) in [6.45, 7) is 0. The Morgan fingerprint density at radius 3 is 1.43 bits per heavy atom. The first-order valence-electron chi connectivity index (χ1n) is 10.1. The number of rotatable bonds is 5. The van der Waals surface area contributed by atoms with Crippen molar-refractivity contribution in [3.8, 4) is 22.6 Å². The van der Waals surface area contributed by atoms with Crippen LogP contribution in [0.2, 0.25) is 0 Å². The van der Waals surface area contributed by atoms with Crippen LogP contribution in [0.1, 0.15) is 23.0 Å². The Labute approximate surface area is 176 Å². The fourth-order valence-corrected chi connectivity index (χ4v) is 3.75. The highest BCUT2D eigenvalue weighted by Crippen LogP contribution is 2.41. The Kier molecular flexibility index (Phi) is 4.97. The van der Waals surface area contributed by atoms with Crippen LogP contribution in [0.3, 0.4) is 0 Å². The molecule has 0 aliphatic heterocycles. The van der Waals surface area contributed by atoms with E-state index in [9.17, 15) is 0 Å². The van der Waals surface area contributed by atoms with Gasteiger partial charge in [0.15, 0.2) is 5.92 Å². The molecule has 0 amide bonds. The van der Waals surface area contributed by atoms with E-state index in [1.54, 1.807) is 0 Å². The van der Waals surface area contributed by atoms with Gasteiger partial charge < -0.3 is 0 Å². The van der Waals surface area contributed by atoms with E-state index < -0.39 is 0 Å². The monoisotopic (exact) mass is 389 g/mol. The number of benzene rings is 4. The lowest BCUT2D eigenvalue weighted by atomic mass is 9.92. The summed E-state index contributed by atoms with van der Waals surface area (Å²) < 4.78 is 12.9. The molecule has 0 N–H and O–H groups in total. The van der Waals surface area contributed by atoms with Gasteiger partial charge in [-0.25, -0.2) is 0 Å². The lowest BCUT2D eigenvalue weighted by Crippen LogP contribution is -2.01. The molecule has 0 bridgehead atoms. The van der Waals surface area contributed by atoms with Crippen LogP contribution in [0.15, 0.2) is 130 Å². The van der Waals surface area contributed by atoms with E-state index in [1.165, 1.54) is 0 Å². The fourth-order valence-electron chi connectivity index (χ4n) is 3.75. The van der Waals surface area contributed by atoms with Crippen molar-refractivity contribution in [2.45, 2.75) is 5.92 Å². The van der Waals surface area contributed by atoms with Gasteiger partial charge in [-0.1, -0.05) is 97.1 Å². The van der Waals surface area contributed by atoms with Crippen LogP contribution < -0.4 is 0 Å². The van der Waals surface area contributed by atoms with Gasteiger partial charge in [-0.05, 0) is 35.4 Å². The smallest absolute Gasteiger partial charge is 0.268 e. The summed E-state index contributed by atoms with van der Waals surface area (Å²) >= 11 is 0. The Morgan fingerprint density at radius 1 is 0.500 bits per heavy atom. The molecule has 5 rings (SSSR count). The summed E-state index contributed by atoms with van der Waals surface area (Å²) in [4.78, 5) is 0. The molecule has 144 valence electrons. The van der Waals surface area contributed by atoms with Crippen molar-refractivity contribution in [1.82, 2.24) is 0 Å². The van der Waals surface area contributed by atoms with Gasteiger partial charge in [-0.15, -0.1) is 0 Å². The third-order valence-electron chi connectivity index (χ3n) is 5.19. The molecule has 0 aliphatic carbocycles. The molecule has 2 heteroatoms. The molecule has 0 saturated carbocycles. The molecule has 2 nitrogen and oxygen atoms in total. The van der Waals surface area contributed by atoms with E-state index in [0.29, 0.717) is 5.96 Å². The standard InChI is InChI=1S/C28H21O2/c1-5-13-21(14-6-1)25(22-15-7-2-8-16-22)28-29-26(23-17-9-3-10-18-23)27(30-28)24-19-11-4-12-20-24/h1-20,25H/q+1. The SMILES string of the molecule is c1ccc(-c2oc(C(c3ccccc3)c3ccccc3)[o+]c2-c2ccccc2)cc1. The zero-order valence-corrected chi connectivity index (χ0v) is 16.4. The quantitative estimate of drug-likeness (QED) is 0.288. The molecule has 0 unspecified atom stereocenters. The Balaban J connectivity index is 1.72. The maximum atomic E-state index is 6.46. The first-order chi connectivity index (χ1) is 14.9. The Hall–Kier alpha value is -3.91. The predicted molar refractivity (Wildman–Crippen MR) is 120 cm³/mol. The fraction of sp³-hybridized carbons (Fsp3) is 0.0357. The van der Waals surface area contributed by atoms with Gasteiger partial charge in [0.25, 0.3) is 0 Å². The zero-order valence-electron chi connectivity index (χ0n) is 16.4. The van der Waals surface area contributed by atoms with Crippen molar-refractivity contribution in [2.75, 3.05) is 0 Å². The summed E-state index contributed by atoms with van der Waals surface area (Å²) in [7, 11) is 0. The van der Waals surface area contributed by atoms with Crippen LogP contribution in [0.5, 0.6) is 0 Å². The second-order valence-electron chi connectivity index (χ2n) is 7.17.